The molecule has 0 amide bonds. The van der Waals surface area contributed by atoms with Gasteiger partial charge in [-0.2, -0.15) is 0 Å². The second kappa shape index (κ2) is 57.0. The first-order valence-electron chi connectivity index (χ1n) is 34.7. The Labute approximate surface area is 524 Å². The van der Waals surface area contributed by atoms with E-state index in [0.717, 1.165) is 114 Å². The first-order chi connectivity index (χ1) is 41.1. The van der Waals surface area contributed by atoms with Gasteiger partial charge >= 0.3 is 39.5 Å². The summed E-state index contributed by atoms with van der Waals surface area (Å²) >= 11 is 0. The number of unbranched alkanes of at least 4 members (excludes halogenated alkanes) is 29. The standard InChI is InChI=1S/C67H130O17P2/c1-9-60(8)46-38-30-21-14-10-11-15-22-31-39-47-64(69)77-53-62(83-66(71)49-41-33-23-16-12-13-19-27-35-43-57(2)3)55-81-85(73,74)79-51-61(68)52-80-86(75,76)82-56-63(54-78-65(70)48-40-32-26-25-29-37-45-59(6)7)84-67(72)50-42-34-24-18-17-20-28-36-44-58(4)5/h57-63,68H,9-56H2,1-8H3,(H,73,74)(H,75,76)/t60?,61-,62-,63-/m1/s1. The van der Waals surface area contributed by atoms with Crippen LogP contribution in [0.5, 0.6) is 0 Å². The number of rotatable bonds is 64. The van der Waals surface area contributed by atoms with Crippen LogP contribution in [0.2, 0.25) is 0 Å². The van der Waals surface area contributed by atoms with Crippen LogP contribution in [0.25, 0.3) is 0 Å². The zero-order valence-corrected chi connectivity index (χ0v) is 57.7. The Hall–Kier alpha value is -1.94. The number of ether oxygens (including phenoxy) is 4. The van der Waals surface area contributed by atoms with E-state index in [-0.39, 0.29) is 25.7 Å². The zero-order valence-electron chi connectivity index (χ0n) is 55.9. The van der Waals surface area contributed by atoms with Crippen LogP contribution in [0, 0.1) is 23.7 Å². The maximum Gasteiger partial charge on any atom is 0.472 e. The Morgan fingerprint density at radius 2 is 0.558 bits per heavy atom. The summed E-state index contributed by atoms with van der Waals surface area (Å²) in [4.78, 5) is 72.3. The van der Waals surface area contributed by atoms with E-state index in [1.54, 1.807) is 0 Å². The van der Waals surface area contributed by atoms with Gasteiger partial charge in [-0.25, -0.2) is 9.13 Å². The molecule has 3 unspecified atom stereocenters. The van der Waals surface area contributed by atoms with Crippen molar-refractivity contribution in [3.63, 3.8) is 0 Å². The molecule has 19 heteroatoms. The molecule has 86 heavy (non-hydrogen) atoms. The van der Waals surface area contributed by atoms with Crippen LogP contribution in [-0.4, -0.2) is 96.7 Å². The fraction of sp³-hybridized carbons (Fsp3) is 0.940. The summed E-state index contributed by atoms with van der Waals surface area (Å²) in [7, 11) is -9.90. The molecule has 0 spiro atoms. The molecule has 17 nitrogen and oxygen atoms in total. The summed E-state index contributed by atoms with van der Waals surface area (Å²) in [6.07, 6.45) is 37.7. The number of carbonyl (C=O) groups excluding carboxylic acids is 4. The van der Waals surface area contributed by atoms with Crippen molar-refractivity contribution in [2.75, 3.05) is 39.6 Å². The van der Waals surface area contributed by atoms with Crippen LogP contribution >= 0.6 is 15.6 Å². The van der Waals surface area contributed by atoms with Gasteiger partial charge in [-0.05, 0) is 49.4 Å². The van der Waals surface area contributed by atoms with E-state index in [0.29, 0.717) is 31.6 Å². The Morgan fingerprint density at radius 1 is 0.326 bits per heavy atom. The molecule has 510 valence electrons. The van der Waals surface area contributed by atoms with E-state index in [9.17, 15) is 43.2 Å². The van der Waals surface area contributed by atoms with Gasteiger partial charge in [-0.1, -0.05) is 274 Å². The molecule has 0 aliphatic rings. The average Bonchev–Trinajstić information content (AvgIpc) is 3.57. The highest BCUT2D eigenvalue weighted by molar-refractivity contribution is 7.47. The molecule has 0 bridgehead atoms. The van der Waals surface area contributed by atoms with Crippen LogP contribution in [0.3, 0.4) is 0 Å². The number of aliphatic hydroxyl groups excluding tert-OH is 1. The van der Waals surface area contributed by atoms with Crippen molar-refractivity contribution in [2.45, 2.75) is 343 Å². The van der Waals surface area contributed by atoms with Crippen LogP contribution in [0.4, 0.5) is 0 Å². The monoisotopic (exact) mass is 1270 g/mol. The summed E-state index contributed by atoms with van der Waals surface area (Å²) < 4.78 is 68.1. The molecule has 0 aliphatic carbocycles. The van der Waals surface area contributed by atoms with Crippen molar-refractivity contribution in [1.82, 2.24) is 0 Å². The highest BCUT2D eigenvalue weighted by atomic mass is 31.2. The van der Waals surface area contributed by atoms with E-state index in [2.05, 4.69) is 55.4 Å². The van der Waals surface area contributed by atoms with Crippen molar-refractivity contribution in [2.24, 2.45) is 23.7 Å². The molecule has 3 N–H and O–H groups in total. The van der Waals surface area contributed by atoms with E-state index >= 15 is 0 Å². The number of hydrogen-bond donors (Lipinski definition) is 3. The summed E-state index contributed by atoms with van der Waals surface area (Å²) in [5.41, 5.74) is 0. The predicted molar refractivity (Wildman–Crippen MR) is 344 cm³/mol. The molecule has 0 aromatic carbocycles. The Balaban J connectivity index is 5.25. The molecule has 0 heterocycles. The van der Waals surface area contributed by atoms with Gasteiger partial charge in [0.05, 0.1) is 26.4 Å². The van der Waals surface area contributed by atoms with Crippen molar-refractivity contribution >= 4 is 39.5 Å². The number of aliphatic hydroxyl groups is 1. The van der Waals surface area contributed by atoms with E-state index in [1.807, 2.05) is 0 Å². The van der Waals surface area contributed by atoms with Crippen LogP contribution in [0.15, 0.2) is 0 Å². The lowest BCUT2D eigenvalue weighted by Gasteiger charge is -2.21. The van der Waals surface area contributed by atoms with E-state index < -0.39 is 97.5 Å². The second-order valence-electron chi connectivity index (χ2n) is 25.9. The SMILES string of the molecule is CCC(C)CCCCCCCCCCCCC(=O)OC[C@H](COP(=O)(O)OC[C@@H](O)COP(=O)(O)OC[C@@H](COC(=O)CCCCCCCCC(C)C)OC(=O)CCCCCCCCCCC(C)C)OC(=O)CCCCCCCCCCCC(C)C. The summed E-state index contributed by atoms with van der Waals surface area (Å²) in [5, 5.41) is 10.6. The van der Waals surface area contributed by atoms with Gasteiger partial charge in [-0.3, -0.25) is 37.3 Å². The Bertz CT molecular complexity index is 1720. The van der Waals surface area contributed by atoms with Gasteiger partial charge in [0.15, 0.2) is 12.2 Å². The molecular weight excluding hydrogens is 1140 g/mol. The largest absolute Gasteiger partial charge is 0.472 e. The minimum Gasteiger partial charge on any atom is -0.462 e. The average molecular weight is 1270 g/mol. The predicted octanol–water partition coefficient (Wildman–Crippen LogP) is 18.5. The number of esters is 4. The quantitative estimate of drug-likeness (QED) is 0.0222. The molecule has 0 radical (unpaired) electrons. The molecule has 0 fully saturated rings. The maximum absolute atomic E-state index is 13.0. The molecule has 0 rings (SSSR count). The van der Waals surface area contributed by atoms with Gasteiger partial charge in [0.1, 0.15) is 19.3 Å². The summed E-state index contributed by atoms with van der Waals surface area (Å²) in [6, 6.07) is 0. The maximum atomic E-state index is 13.0. The first kappa shape index (κ1) is 84.1. The van der Waals surface area contributed by atoms with Gasteiger partial charge in [0.2, 0.25) is 0 Å². The fourth-order valence-electron chi connectivity index (χ4n) is 9.93. The number of phosphoric ester groups is 2. The number of hydrogen-bond acceptors (Lipinski definition) is 15. The first-order valence-corrected chi connectivity index (χ1v) is 37.7. The Morgan fingerprint density at radius 3 is 0.826 bits per heavy atom. The van der Waals surface area contributed by atoms with Crippen LogP contribution < -0.4 is 0 Å². The lowest BCUT2D eigenvalue weighted by molar-refractivity contribution is -0.161. The van der Waals surface area contributed by atoms with Gasteiger partial charge in [-0.15, -0.1) is 0 Å². The number of carbonyl (C=O) groups is 4. The van der Waals surface area contributed by atoms with Crippen molar-refractivity contribution in [1.29, 1.82) is 0 Å². The normalized spacial score (nSPS) is 14.7. The minimum absolute atomic E-state index is 0.103. The highest BCUT2D eigenvalue weighted by Crippen LogP contribution is 2.45. The summed E-state index contributed by atoms with van der Waals surface area (Å²) in [6.45, 7) is 14.0. The van der Waals surface area contributed by atoms with E-state index in [1.165, 1.54) is 122 Å². The molecule has 0 aromatic rings. The lowest BCUT2D eigenvalue weighted by Crippen LogP contribution is -2.30. The zero-order chi connectivity index (χ0) is 63.9. The third kappa shape index (κ3) is 59.7. The van der Waals surface area contributed by atoms with Crippen molar-refractivity contribution < 1.29 is 80.2 Å². The van der Waals surface area contributed by atoms with Crippen molar-refractivity contribution in [3.8, 4) is 0 Å². The molecule has 0 saturated carbocycles. The second-order valence-corrected chi connectivity index (χ2v) is 28.8. The van der Waals surface area contributed by atoms with Crippen LogP contribution in [-0.2, 0) is 65.4 Å². The smallest absolute Gasteiger partial charge is 0.462 e. The third-order valence-electron chi connectivity index (χ3n) is 15.7. The lowest BCUT2D eigenvalue weighted by atomic mass is 9.99. The van der Waals surface area contributed by atoms with Crippen molar-refractivity contribution in [3.05, 3.63) is 0 Å². The Kier molecular flexibility index (Phi) is 55.7. The fourth-order valence-corrected chi connectivity index (χ4v) is 11.5. The van der Waals surface area contributed by atoms with Crippen LogP contribution in [0.1, 0.15) is 325 Å². The third-order valence-corrected chi connectivity index (χ3v) is 17.6. The molecule has 0 aliphatic heterocycles. The van der Waals surface area contributed by atoms with Gasteiger partial charge in [0, 0.05) is 25.7 Å². The topological polar surface area (TPSA) is 237 Å². The number of phosphoric acid groups is 2. The van der Waals surface area contributed by atoms with E-state index in [4.69, 9.17) is 37.0 Å². The molecule has 0 saturated heterocycles. The molecule has 6 atom stereocenters. The minimum atomic E-state index is -4.95. The molecule has 0 aromatic heterocycles. The molecular formula is C67H130O17P2. The van der Waals surface area contributed by atoms with Gasteiger partial charge < -0.3 is 33.8 Å². The highest BCUT2D eigenvalue weighted by Gasteiger charge is 2.30. The van der Waals surface area contributed by atoms with Gasteiger partial charge in [0.25, 0.3) is 0 Å². The summed E-state index contributed by atoms with van der Waals surface area (Å²) in [5.74, 6) is 0.807.